The molecule has 0 fully saturated rings. The third-order valence-corrected chi connectivity index (χ3v) is 4.96. The van der Waals surface area contributed by atoms with E-state index in [0.29, 0.717) is 5.56 Å². The molecule has 28 heavy (non-hydrogen) atoms. The van der Waals surface area contributed by atoms with Gasteiger partial charge in [-0.1, -0.05) is 48.5 Å². The van der Waals surface area contributed by atoms with E-state index < -0.39 is 0 Å². The first-order chi connectivity index (χ1) is 13.6. The number of imidazole rings is 1. The quantitative estimate of drug-likeness (QED) is 0.523. The highest BCUT2D eigenvalue weighted by molar-refractivity contribution is 5.76. The van der Waals surface area contributed by atoms with Gasteiger partial charge in [0.1, 0.15) is 11.6 Å². The molecule has 4 rings (SSSR count). The molecule has 0 aliphatic heterocycles. The van der Waals surface area contributed by atoms with Gasteiger partial charge >= 0.3 is 0 Å². The van der Waals surface area contributed by atoms with Gasteiger partial charge in [0, 0.05) is 5.56 Å². The van der Waals surface area contributed by atoms with Crippen molar-refractivity contribution in [2.75, 3.05) is 0 Å². The number of rotatable bonds is 5. The van der Waals surface area contributed by atoms with Crippen LogP contribution in [0.25, 0.3) is 11.0 Å². The Balaban J connectivity index is 1.79. The number of nitrogens with one attached hydrogen (secondary N) is 1. The summed E-state index contributed by atoms with van der Waals surface area (Å²) in [5.74, 6) is 0.517. The van der Waals surface area contributed by atoms with Crippen molar-refractivity contribution in [3.8, 4) is 5.75 Å². The standard InChI is InChI=1S/C23H22FN3O/c1-16-9-3-8-14-22(16)28-17(2)27-21-13-7-6-12-20(21)26(23(27)25)15-18-10-4-5-11-19(18)24/h3-14,17,25H,15H2,1-2H3. The van der Waals surface area contributed by atoms with Gasteiger partial charge in [-0.15, -0.1) is 0 Å². The van der Waals surface area contributed by atoms with Gasteiger partial charge < -0.3 is 9.30 Å². The van der Waals surface area contributed by atoms with Crippen LogP contribution in [0.5, 0.6) is 5.75 Å². The topological polar surface area (TPSA) is 42.9 Å². The lowest BCUT2D eigenvalue weighted by atomic mass is 10.2. The van der Waals surface area contributed by atoms with Crippen molar-refractivity contribution in [3.63, 3.8) is 0 Å². The summed E-state index contributed by atoms with van der Waals surface area (Å²) in [7, 11) is 0. The number of nitrogens with zero attached hydrogens (tertiary/aromatic N) is 2. The number of hydrogen-bond acceptors (Lipinski definition) is 2. The number of benzene rings is 3. The fraction of sp³-hybridized carbons (Fsp3) is 0.174. The van der Waals surface area contributed by atoms with Crippen LogP contribution in [-0.4, -0.2) is 9.13 Å². The van der Waals surface area contributed by atoms with E-state index in [9.17, 15) is 4.39 Å². The SMILES string of the molecule is Cc1ccccc1OC(C)n1c(=N)n(Cc2ccccc2F)c2ccccc21. The largest absolute Gasteiger partial charge is 0.470 e. The monoisotopic (exact) mass is 375 g/mol. The lowest BCUT2D eigenvalue weighted by Crippen LogP contribution is -2.29. The van der Waals surface area contributed by atoms with Crippen molar-refractivity contribution >= 4 is 11.0 Å². The zero-order chi connectivity index (χ0) is 19.7. The van der Waals surface area contributed by atoms with Crippen LogP contribution < -0.4 is 10.4 Å². The lowest BCUT2D eigenvalue weighted by molar-refractivity contribution is 0.149. The fourth-order valence-electron chi connectivity index (χ4n) is 3.50. The maximum absolute atomic E-state index is 14.2. The molecule has 1 heterocycles. The van der Waals surface area contributed by atoms with Gasteiger partial charge in [-0.25, -0.2) is 4.39 Å². The number of hydrogen-bond donors (Lipinski definition) is 1. The minimum Gasteiger partial charge on any atom is -0.470 e. The Morgan fingerprint density at radius 2 is 1.57 bits per heavy atom. The average Bonchev–Trinajstić information content (AvgIpc) is 2.97. The van der Waals surface area contributed by atoms with Crippen LogP contribution in [0.3, 0.4) is 0 Å². The molecule has 1 unspecified atom stereocenters. The Labute approximate surface area is 163 Å². The van der Waals surface area contributed by atoms with E-state index in [0.717, 1.165) is 22.3 Å². The minimum atomic E-state index is -0.389. The number of ether oxygens (including phenoxy) is 1. The Bertz CT molecular complexity index is 1190. The van der Waals surface area contributed by atoms with Gasteiger partial charge in [0.05, 0.1) is 17.6 Å². The molecule has 0 amide bonds. The first kappa shape index (κ1) is 18.0. The van der Waals surface area contributed by atoms with Gasteiger partial charge in [0.2, 0.25) is 5.62 Å². The van der Waals surface area contributed by atoms with E-state index in [1.807, 2.05) is 77.6 Å². The molecule has 0 radical (unpaired) electrons. The third kappa shape index (κ3) is 3.20. The molecule has 0 saturated carbocycles. The first-order valence-corrected chi connectivity index (χ1v) is 9.26. The van der Waals surface area contributed by atoms with Gasteiger partial charge in [-0.3, -0.25) is 9.98 Å². The number of aryl methyl sites for hydroxylation is 1. The van der Waals surface area contributed by atoms with Crippen molar-refractivity contribution in [1.82, 2.24) is 9.13 Å². The van der Waals surface area contributed by atoms with Crippen LogP contribution in [0.4, 0.5) is 4.39 Å². The van der Waals surface area contributed by atoms with E-state index in [4.69, 9.17) is 10.1 Å². The summed E-state index contributed by atoms with van der Waals surface area (Å²) in [4.78, 5) is 0. The number of fused-ring (bicyclic) bond motifs is 1. The summed E-state index contributed by atoms with van der Waals surface area (Å²) < 4.78 is 24.0. The molecule has 0 bridgehead atoms. The second-order valence-corrected chi connectivity index (χ2v) is 6.84. The molecule has 1 aromatic heterocycles. The van der Waals surface area contributed by atoms with Crippen LogP contribution in [0.2, 0.25) is 0 Å². The minimum absolute atomic E-state index is 0.268. The molecule has 0 spiro atoms. The van der Waals surface area contributed by atoms with Crippen molar-refractivity contribution < 1.29 is 9.13 Å². The number of aromatic nitrogens is 2. The molecule has 5 heteroatoms. The predicted octanol–water partition coefficient (Wildman–Crippen LogP) is 5.02. The van der Waals surface area contributed by atoms with Gasteiger partial charge in [-0.05, 0) is 43.7 Å². The van der Waals surface area contributed by atoms with Crippen LogP contribution in [-0.2, 0) is 6.54 Å². The Kier molecular flexibility index (Phi) is 4.74. The van der Waals surface area contributed by atoms with E-state index >= 15 is 0 Å². The molecule has 3 aromatic carbocycles. The van der Waals surface area contributed by atoms with E-state index in [1.54, 1.807) is 12.1 Å². The number of para-hydroxylation sites is 3. The molecule has 4 nitrogen and oxygen atoms in total. The smallest absolute Gasteiger partial charge is 0.206 e. The fourth-order valence-corrected chi connectivity index (χ4v) is 3.50. The van der Waals surface area contributed by atoms with Crippen molar-refractivity contribution in [3.05, 3.63) is 95.4 Å². The molecule has 0 saturated heterocycles. The zero-order valence-corrected chi connectivity index (χ0v) is 15.9. The number of halogens is 1. The average molecular weight is 375 g/mol. The highest BCUT2D eigenvalue weighted by Gasteiger charge is 2.17. The van der Waals surface area contributed by atoms with Crippen LogP contribution in [0.15, 0.2) is 72.8 Å². The molecule has 1 N–H and O–H groups in total. The van der Waals surface area contributed by atoms with Gasteiger partial charge in [0.25, 0.3) is 0 Å². The summed E-state index contributed by atoms with van der Waals surface area (Å²) in [5, 5.41) is 8.77. The van der Waals surface area contributed by atoms with Crippen molar-refractivity contribution in [2.24, 2.45) is 0 Å². The first-order valence-electron chi connectivity index (χ1n) is 9.26. The second kappa shape index (κ2) is 7.35. The Morgan fingerprint density at radius 1 is 0.929 bits per heavy atom. The predicted molar refractivity (Wildman–Crippen MR) is 108 cm³/mol. The molecular formula is C23H22FN3O. The normalized spacial score (nSPS) is 12.2. The van der Waals surface area contributed by atoms with Crippen molar-refractivity contribution in [1.29, 1.82) is 5.41 Å². The van der Waals surface area contributed by atoms with Crippen molar-refractivity contribution in [2.45, 2.75) is 26.6 Å². The highest BCUT2D eigenvalue weighted by atomic mass is 19.1. The maximum Gasteiger partial charge on any atom is 0.206 e. The van der Waals surface area contributed by atoms with Gasteiger partial charge in [-0.2, -0.15) is 0 Å². The lowest BCUT2D eigenvalue weighted by Gasteiger charge is -2.18. The van der Waals surface area contributed by atoms with E-state index in [1.165, 1.54) is 6.07 Å². The zero-order valence-electron chi connectivity index (χ0n) is 15.9. The summed E-state index contributed by atoms with van der Waals surface area (Å²) in [6.45, 7) is 4.20. The molecular weight excluding hydrogens is 353 g/mol. The Hall–Kier alpha value is -3.34. The molecule has 1 atom stereocenters. The van der Waals surface area contributed by atoms with Crippen LogP contribution in [0.1, 0.15) is 24.3 Å². The Morgan fingerprint density at radius 3 is 2.32 bits per heavy atom. The maximum atomic E-state index is 14.2. The molecule has 0 aliphatic rings. The molecule has 0 aliphatic carbocycles. The van der Waals surface area contributed by atoms with Crippen LogP contribution >= 0.6 is 0 Å². The van der Waals surface area contributed by atoms with E-state index in [-0.39, 0.29) is 24.2 Å². The van der Waals surface area contributed by atoms with E-state index in [2.05, 4.69) is 0 Å². The summed E-state index contributed by atoms with van der Waals surface area (Å²) in [6.07, 6.45) is -0.389. The summed E-state index contributed by atoms with van der Waals surface area (Å²) in [5.41, 5.74) is 3.61. The molecule has 4 aromatic rings. The van der Waals surface area contributed by atoms with Gasteiger partial charge in [0.15, 0.2) is 6.23 Å². The molecule has 142 valence electrons. The summed E-state index contributed by atoms with van der Waals surface area (Å²) in [6, 6.07) is 22.3. The highest BCUT2D eigenvalue weighted by Crippen LogP contribution is 2.24. The summed E-state index contributed by atoms with van der Waals surface area (Å²) >= 11 is 0. The third-order valence-electron chi connectivity index (χ3n) is 4.96. The second-order valence-electron chi connectivity index (χ2n) is 6.84. The van der Waals surface area contributed by atoms with Crippen LogP contribution in [0, 0.1) is 18.2 Å².